The molecule has 2 aliphatic rings. The number of fused-ring (bicyclic) bond motifs is 1. The second-order valence-electron chi connectivity index (χ2n) is 6.77. The van der Waals surface area contributed by atoms with E-state index in [0.29, 0.717) is 0 Å². The average Bonchev–Trinajstić information content (AvgIpc) is 2.38. The molecule has 0 aromatic heterocycles. The highest BCUT2D eigenvalue weighted by atomic mass is 79.9. The Kier molecular flexibility index (Phi) is 3.85. The summed E-state index contributed by atoms with van der Waals surface area (Å²) in [5.41, 5.74) is 0.795. The molecule has 1 heterocycles. The van der Waals surface area contributed by atoms with Crippen LogP contribution in [0.3, 0.4) is 0 Å². The number of hydrogen-bond acceptors (Lipinski definition) is 2. The third-order valence-corrected chi connectivity index (χ3v) is 5.60. The zero-order chi connectivity index (χ0) is 14.3. The SMILES string of the molecule is CC(C)C1CCC2(CC1)C[C@@H](O)c1ccc(Br)cc1O2. The smallest absolute Gasteiger partial charge is 0.127 e. The summed E-state index contributed by atoms with van der Waals surface area (Å²) >= 11 is 3.49. The van der Waals surface area contributed by atoms with Gasteiger partial charge in [-0.3, -0.25) is 0 Å². The van der Waals surface area contributed by atoms with Crippen LogP contribution in [0.15, 0.2) is 22.7 Å². The Bertz CT molecular complexity index is 490. The van der Waals surface area contributed by atoms with Crippen LogP contribution < -0.4 is 4.74 Å². The van der Waals surface area contributed by atoms with Crippen molar-refractivity contribution in [3.8, 4) is 5.75 Å². The predicted molar refractivity (Wildman–Crippen MR) is 83.9 cm³/mol. The number of hydrogen-bond donors (Lipinski definition) is 1. The van der Waals surface area contributed by atoms with Gasteiger partial charge in [-0.2, -0.15) is 0 Å². The fraction of sp³-hybridized carbons (Fsp3) is 0.647. The number of aliphatic hydroxyl groups is 1. The van der Waals surface area contributed by atoms with Gasteiger partial charge in [0.25, 0.3) is 0 Å². The molecule has 3 heteroatoms. The van der Waals surface area contributed by atoms with Gasteiger partial charge in [0.1, 0.15) is 11.4 Å². The monoisotopic (exact) mass is 338 g/mol. The van der Waals surface area contributed by atoms with E-state index in [1.165, 1.54) is 12.8 Å². The lowest BCUT2D eigenvalue weighted by atomic mass is 9.71. The Labute approximate surface area is 129 Å². The van der Waals surface area contributed by atoms with Crippen LogP contribution in [0, 0.1) is 11.8 Å². The zero-order valence-electron chi connectivity index (χ0n) is 12.2. The first-order valence-corrected chi connectivity index (χ1v) is 8.45. The summed E-state index contributed by atoms with van der Waals surface area (Å²) < 4.78 is 7.36. The minimum Gasteiger partial charge on any atom is -0.487 e. The first-order chi connectivity index (χ1) is 9.49. The van der Waals surface area contributed by atoms with Crippen molar-refractivity contribution in [2.45, 2.75) is 57.7 Å². The van der Waals surface area contributed by atoms with E-state index in [-0.39, 0.29) is 11.7 Å². The van der Waals surface area contributed by atoms with Gasteiger partial charge in [-0.1, -0.05) is 35.8 Å². The molecule has 0 amide bonds. The van der Waals surface area contributed by atoms with Gasteiger partial charge in [-0.05, 0) is 49.7 Å². The number of rotatable bonds is 1. The molecular formula is C17H23BrO2. The van der Waals surface area contributed by atoms with Crippen LogP contribution in [0.1, 0.15) is 57.6 Å². The first kappa shape index (κ1) is 14.4. The van der Waals surface area contributed by atoms with E-state index in [0.717, 1.165) is 46.9 Å². The molecule has 1 N–H and O–H groups in total. The maximum Gasteiger partial charge on any atom is 0.127 e. The number of aliphatic hydroxyl groups excluding tert-OH is 1. The fourth-order valence-corrected chi connectivity index (χ4v) is 4.09. The standard InChI is InChI=1S/C17H23BrO2/c1-11(2)12-5-7-17(8-6-12)10-15(19)14-4-3-13(18)9-16(14)20-17/h3-4,9,11-12,15,19H,5-8,10H2,1-2H3/t12?,15-,17?/m1/s1. The van der Waals surface area contributed by atoms with Crippen LogP contribution in [0.5, 0.6) is 5.75 Å². The van der Waals surface area contributed by atoms with Crippen molar-refractivity contribution in [2.24, 2.45) is 11.8 Å². The number of ether oxygens (including phenoxy) is 1. The van der Waals surface area contributed by atoms with E-state index >= 15 is 0 Å². The maximum absolute atomic E-state index is 10.4. The Hall–Kier alpha value is -0.540. The van der Waals surface area contributed by atoms with Crippen LogP contribution in [-0.2, 0) is 0 Å². The number of benzene rings is 1. The summed E-state index contributed by atoms with van der Waals surface area (Å²) in [6, 6.07) is 5.93. The molecule has 0 radical (unpaired) electrons. The van der Waals surface area contributed by atoms with Gasteiger partial charge < -0.3 is 9.84 Å². The molecular weight excluding hydrogens is 316 g/mol. The van der Waals surface area contributed by atoms with Gasteiger partial charge in [0, 0.05) is 16.5 Å². The van der Waals surface area contributed by atoms with Crippen molar-refractivity contribution in [2.75, 3.05) is 0 Å². The normalized spacial score (nSPS) is 33.0. The molecule has 20 heavy (non-hydrogen) atoms. The molecule has 1 spiro atoms. The zero-order valence-corrected chi connectivity index (χ0v) is 13.8. The Morgan fingerprint density at radius 1 is 1.30 bits per heavy atom. The van der Waals surface area contributed by atoms with Gasteiger partial charge in [0.2, 0.25) is 0 Å². The van der Waals surface area contributed by atoms with E-state index in [9.17, 15) is 5.11 Å². The van der Waals surface area contributed by atoms with Crippen molar-refractivity contribution in [3.05, 3.63) is 28.2 Å². The predicted octanol–water partition coefficient (Wildman–Crippen LogP) is 4.85. The summed E-state index contributed by atoms with van der Waals surface area (Å²) in [6.45, 7) is 4.62. The van der Waals surface area contributed by atoms with Gasteiger partial charge in [-0.15, -0.1) is 0 Å². The molecule has 1 aliphatic carbocycles. The van der Waals surface area contributed by atoms with E-state index < -0.39 is 0 Å². The minimum absolute atomic E-state index is 0.140. The van der Waals surface area contributed by atoms with E-state index in [1.807, 2.05) is 18.2 Å². The topological polar surface area (TPSA) is 29.5 Å². The quantitative estimate of drug-likeness (QED) is 0.792. The maximum atomic E-state index is 10.4. The lowest BCUT2D eigenvalue weighted by Gasteiger charge is -2.45. The van der Waals surface area contributed by atoms with Crippen molar-refractivity contribution in [3.63, 3.8) is 0 Å². The molecule has 1 fully saturated rings. The lowest BCUT2D eigenvalue weighted by Crippen LogP contribution is -2.44. The van der Waals surface area contributed by atoms with Crippen LogP contribution in [0.25, 0.3) is 0 Å². The van der Waals surface area contributed by atoms with Gasteiger partial charge in [0.05, 0.1) is 6.10 Å². The second-order valence-corrected chi connectivity index (χ2v) is 7.68. The fourth-order valence-electron chi connectivity index (χ4n) is 3.75. The molecule has 1 aliphatic heterocycles. The second kappa shape index (κ2) is 5.34. The summed E-state index contributed by atoms with van der Waals surface area (Å²) in [5.74, 6) is 2.42. The molecule has 110 valence electrons. The van der Waals surface area contributed by atoms with Crippen molar-refractivity contribution >= 4 is 15.9 Å². The van der Waals surface area contributed by atoms with Crippen LogP contribution in [0.2, 0.25) is 0 Å². The van der Waals surface area contributed by atoms with E-state index in [2.05, 4.69) is 29.8 Å². The molecule has 1 aromatic rings. The molecule has 0 saturated heterocycles. The van der Waals surface area contributed by atoms with Crippen LogP contribution in [-0.4, -0.2) is 10.7 Å². The molecule has 3 rings (SSSR count). The molecule has 2 nitrogen and oxygen atoms in total. The van der Waals surface area contributed by atoms with Crippen molar-refractivity contribution in [1.82, 2.24) is 0 Å². The van der Waals surface area contributed by atoms with Crippen molar-refractivity contribution in [1.29, 1.82) is 0 Å². The van der Waals surface area contributed by atoms with E-state index in [1.54, 1.807) is 0 Å². The number of halogens is 1. The van der Waals surface area contributed by atoms with Crippen molar-refractivity contribution < 1.29 is 9.84 Å². The first-order valence-electron chi connectivity index (χ1n) is 7.66. The highest BCUT2D eigenvalue weighted by Gasteiger charge is 2.43. The Morgan fingerprint density at radius 2 is 2.00 bits per heavy atom. The third kappa shape index (κ3) is 2.62. The largest absolute Gasteiger partial charge is 0.487 e. The lowest BCUT2D eigenvalue weighted by molar-refractivity contribution is -0.0504. The molecule has 1 aromatic carbocycles. The summed E-state index contributed by atoms with van der Waals surface area (Å²) in [7, 11) is 0. The molecule has 1 saturated carbocycles. The highest BCUT2D eigenvalue weighted by molar-refractivity contribution is 9.10. The minimum atomic E-state index is -0.387. The summed E-state index contributed by atoms with van der Waals surface area (Å²) in [6.07, 6.45) is 4.92. The Balaban J connectivity index is 1.81. The molecule has 0 bridgehead atoms. The third-order valence-electron chi connectivity index (χ3n) is 5.11. The van der Waals surface area contributed by atoms with Gasteiger partial charge in [0.15, 0.2) is 0 Å². The molecule has 1 atom stereocenters. The Morgan fingerprint density at radius 3 is 2.65 bits per heavy atom. The summed E-state index contributed by atoms with van der Waals surface area (Å²) in [5, 5.41) is 10.4. The van der Waals surface area contributed by atoms with Gasteiger partial charge in [-0.25, -0.2) is 0 Å². The molecule has 0 unspecified atom stereocenters. The average molecular weight is 339 g/mol. The van der Waals surface area contributed by atoms with Crippen LogP contribution in [0.4, 0.5) is 0 Å². The van der Waals surface area contributed by atoms with E-state index in [4.69, 9.17) is 4.74 Å². The van der Waals surface area contributed by atoms with Gasteiger partial charge >= 0.3 is 0 Å². The highest BCUT2D eigenvalue weighted by Crippen LogP contribution is 2.48. The van der Waals surface area contributed by atoms with Crippen LogP contribution >= 0.6 is 15.9 Å². The summed E-state index contributed by atoms with van der Waals surface area (Å²) in [4.78, 5) is 0.